The van der Waals surface area contributed by atoms with Crippen LogP contribution in [0.4, 0.5) is 0 Å². The summed E-state index contributed by atoms with van der Waals surface area (Å²) in [5.74, 6) is 0. The highest BCUT2D eigenvalue weighted by atomic mass is 16.5. The van der Waals surface area contributed by atoms with Crippen molar-refractivity contribution >= 4 is 0 Å². The van der Waals surface area contributed by atoms with Crippen LogP contribution in [0, 0.1) is 0 Å². The van der Waals surface area contributed by atoms with Crippen LogP contribution in [0.15, 0.2) is 0 Å². The third kappa shape index (κ3) is 56.0. The van der Waals surface area contributed by atoms with Crippen molar-refractivity contribution in [2.45, 2.75) is 348 Å². The lowest BCUT2D eigenvalue weighted by Gasteiger charge is -2.06. The Morgan fingerprint density at radius 3 is 0.368 bits per heavy atom. The molecule has 0 atom stereocenters. The van der Waals surface area contributed by atoms with E-state index in [1.54, 1.807) is 0 Å². The fourth-order valence-electron chi connectivity index (χ4n) is 9.14. The average Bonchev–Trinajstić information content (AvgIpc) is 3.22. The van der Waals surface area contributed by atoms with Gasteiger partial charge in [0.05, 0.1) is 0 Å². The lowest BCUT2D eigenvalue weighted by Crippen LogP contribution is -1.97. The average molecular weight is 804 g/mol. The van der Waals surface area contributed by atoms with E-state index >= 15 is 0 Å². The Hall–Kier alpha value is -0.0400. The number of hydrogen-bond acceptors (Lipinski definition) is 1. The van der Waals surface area contributed by atoms with Crippen LogP contribution in [-0.2, 0) is 4.74 Å². The molecule has 0 spiro atoms. The van der Waals surface area contributed by atoms with E-state index in [2.05, 4.69) is 13.8 Å². The molecule has 0 saturated carbocycles. The van der Waals surface area contributed by atoms with Crippen LogP contribution in [0.1, 0.15) is 348 Å². The van der Waals surface area contributed by atoms with Gasteiger partial charge in [-0.05, 0) is 12.8 Å². The van der Waals surface area contributed by atoms with Gasteiger partial charge in [-0.2, -0.15) is 0 Å². The first kappa shape index (κ1) is 57.0. The minimum Gasteiger partial charge on any atom is -0.381 e. The molecule has 0 heterocycles. The highest BCUT2D eigenvalue weighted by Crippen LogP contribution is 2.18. The molecule has 0 aliphatic carbocycles. The Balaban J connectivity index is 3.05. The van der Waals surface area contributed by atoms with Gasteiger partial charge in [-0.1, -0.05) is 335 Å². The van der Waals surface area contributed by atoms with Gasteiger partial charge in [-0.3, -0.25) is 0 Å². The summed E-state index contributed by atoms with van der Waals surface area (Å²) in [6.07, 6.45) is 75.9. The van der Waals surface area contributed by atoms with Crippen LogP contribution < -0.4 is 0 Å². The standard InChI is InChI=1S/C56H114O/c1-3-5-7-9-11-13-15-17-19-21-23-25-27-29-31-33-35-37-39-41-43-45-47-49-51-53-55-57-56-54-52-50-48-46-44-42-40-38-36-34-32-30-28-26-24-22-20-18-16-14-12-10-8-6-4-2/h3-56H2,1-2H3. The molecule has 0 N–H and O–H groups in total. The summed E-state index contributed by atoms with van der Waals surface area (Å²) in [6, 6.07) is 0. The molecule has 0 rings (SSSR count). The smallest absolute Gasteiger partial charge is 0.0466 e. The maximum absolute atomic E-state index is 5.94. The first-order chi connectivity index (χ1) is 28.4. The molecule has 0 aromatic heterocycles. The number of ether oxygens (including phenoxy) is 1. The van der Waals surface area contributed by atoms with E-state index in [1.165, 1.54) is 334 Å². The normalized spacial score (nSPS) is 11.7. The van der Waals surface area contributed by atoms with E-state index in [-0.39, 0.29) is 0 Å². The van der Waals surface area contributed by atoms with Gasteiger partial charge in [-0.25, -0.2) is 0 Å². The van der Waals surface area contributed by atoms with Crippen LogP contribution in [-0.4, -0.2) is 13.2 Å². The summed E-state index contributed by atoms with van der Waals surface area (Å²) in [5, 5.41) is 0. The SMILES string of the molecule is CCCCCCCCCCCCCCCCCCCCCCCCCCCCOCCCCCCCCCCCCCCCCCCCCCCCCCCCC. The van der Waals surface area contributed by atoms with Crippen molar-refractivity contribution in [3.8, 4) is 0 Å². The van der Waals surface area contributed by atoms with Crippen LogP contribution in [0.3, 0.4) is 0 Å². The monoisotopic (exact) mass is 803 g/mol. The van der Waals surface area contributed by atoms with Crippen LogP contribution >= 0.6 is 0 Å². The highest BCUT2D eigenvalue weighted by Gasteiger charge is 1.99. The molecule has 1 nitrogen and oxygen atoms in total. The molecule has 57 heavy (non-hydrogen) atoms. The van der Waals surface area contributed by atoms with Crippen LogP contribution in [0.2, 0.25) is 0 Å². The van der Waals surface area contributed by atoms with Gasteiger partial charge in [0.1, 0.15) is 0 Å². The topological polar surface area (TPSA) is 9.23 Å². The first-order valence-corrected chi connectivity index (χ1v) is 28.0. The Morgan fingerprint density at radius 2 is 0.246 bits per heavy atom. The van der Waals surface area contributed by atoms with Gasteiger partial charge >= 0.3 is 0 Å². The van der Waals surface area contributed by atoms with Crippen molar-refractivity contribution in [1.29, 1.82) is 0 Å². The Labute approximate surface area is 364 Å². The van der Waals surface area contributed by atoms with Crippen LogP contribution in [0.5, 0.6) is 0 Å². The summed E-state index contributed by atoms with van der Waals surface area (Å²) in [7, 11) is 0. The van der Waals surface area contributed by atoms with Crippen LogP contribution in [0.25, 0.3) is 0 Å². The van der Waals surface area contributed by atoms with Gasteiger partial charge in [0.25, 0.3) is 0 Å². The molecular weight excluding hydrogens is 689 g/mol. The summed E-state index contributed by atoms with van der Waals surface area (Å²) in [6.45, 7) is 6.62. The largest absolute Gasteiger partial charge is 0.381 e. The molecule has 0 aromatic carbocycles. The Bertz CT molecular complexity index is 589. The fourth-order valence-corrected chi connectivity index (χ4v) is 9.14. The van der Waals surface area contributed by atoms with E-state index in [4.69, 9.17) is 4.74 Å². The highest BCUT2D eigenvalue weighted by molar-refractivity contribution is 4.54. The van der Waals surface area contributed by atoms with E-state index in [1.807, 2.05) is 0 Å². The van der Waals surface area contributed by atoms with E-state index in [0.29, 0.717) is 0 Å². The van der Waals surface area contributed by atoms with Crippen molar-refractivity contribution in [3.63, 3.8) is 0 Å². The van der Waals surface area contributed by atoms with Crippen molar-refractivity contribution in [2.75, 3.05) is 13.2 Å². The quantitative estimate of drug-likeness (QED) is 0.0557. The van der Waals surface area contributed by atoms with Gasteiger partial charge in [0.15, 0.2) is 0 Å². The first-order valence-electron chi connectivity index (χ1n) is 28.0. The molecule has 0 aliphatic heterocycles. The molecular formula is C56H114O. The molecule has 0 unspecified atom stereocenters. The second-order valence-corrected chi connectivity index (χ2v) is 19.3. The van der Waals surface area contributed by atoms with E-state index in [9.17, 15) is 0 Å². The molecule has 1 heteroatoms. The Morgan fingerprint density at radius 1 is 0.140 bits per heavy atom. The predicted molar refractivity (Wildman–Crippen MR) is 262 cm³/mol. The lowest BCUT2D eigenvalue weighted by atomic mass is 10.0. The second-order valence-electron chi connectivity index (χ2n) is 19.3. The van der Waals surface area contributed by atoms with E-state index in [0.717, 1.165) is 13.2 Å². The predicted octanol–water partition coefficient (Wildman–Crippen LogP) is 21.3. The van der Waals surface area contributed by atoms with E-state index < -0.39 is 0 Å². The number of hydrogen-bond donors (Lipinski definition) is 0. The summed E-state index contributed by atoms with van der Waals surface area (Å²) < 4.78 is 5.94. The number of rotatable bonds is 54. The molecule has 0 amide bonds. The van der Waals surface area contributed by atoms with Gasteiger partial charge in [0.2, 0.25) is 0 Å². The minimum atomic E-state index is 0.999. The van der Waals surface area contributed by atoms with Crippen molar-refractivity contribution in [2.24, 2.45) is 0 Å². The van der Waals surface area contributed by atoms with Crippen molar-refractivity contribution in [3.05, 3.63) is 0 Å². The Kier molecular flexibility index (Phi) is 55.9. The molecule has 344 valence electrons. The van der Waals surface area contributed by atoms with Gasteiger partial charge < -0.3 is 4.74 Å². The summed E-state index contributed by atoms with van der Waals surface area (Å²) in [4.78, 5) is 0. The maximum Gasteiger partial charge on any atom is 0.0466 e. The zero-order valence-electron chi connectivity index (χ0n) is 40.6. The molecule has 0 saturated heterocycles. The summed E-state index contributed by atoms with van der Waals surface area (Å²) >= 11 is 0. The summed E-state index contributed by atoms with van der Waals surface area (Å²) in [5.41, 5.74) is 0. The molecule has 0 aliphatic rings. The maximum atomic E-state index is 5.94. The molecule has 0 aromatic rings. The van der Waals surface area contributed by atoms with Gasteiger partial charge in [0, 0.05) is 13.2 Å². The zero-order chi connectivity index (χ0) is 40.9. The zero-order valence-corrected chi connectivity index (χ0v) is 40.6. The lowest BCUT2D eigenvalue weighted by molar-refractivity contribution is 0.125. The minimum absolute atomic E-state index is 0.999. The molecule has 0 fully saturated rings. The third-order valence-electron chi connectivity index (χ3n) is 13.3. The molecule has 0 radical (unpaired) electrons. The third-order valence-corrected chi connectivity index (χ3v) is 13.3. The van der Waals surface area contributed by atoms with Crippen molar-refractivity contribution in [1.82, 2.24) is 0 Å². The van der Waals surface area contributed by atoms with Crippen molar-refractivity contribution < 1.29 is 4.74 Å². The van der Waals surface area contributed by atoms with Gasteiger partial charge in [-0.15, -0.1) is 0 Å². The molecule has 0 bridgehead atoms. The number of unbranched alkanes of at least 4 members (excludes halogenated alkanes) is 50. The fraction of sp³-hybridized carbons (Fsp3) is 1.00. The second kappa shape index (κ2) is 56.0.